The van der Waals surface area contributed by atoms with E-state index in [9.17, 15) is 14.9 Å². The molecule has 1 aromatic carbocycles. The first kappa shape index (κ1) is 18.1. The lowest BCUT2D eigenvalue weighted by atomic mass is 10.1. The van der Waals surface area contributed by atoms with Crippen LogP contribution in [0.1, 0.15) is 17.3 Å². The highest BCUT2D eigenvalue weighted by Gasteiger charge is 2.18. The van der Waals surface area contributed by atoms with Gasteiger partial charge in [0.15, 0.2) is 0 Å². The van der Waals surface area contributed by atoms with Crippen LogP contribution < -0.4 is 5.32 Å². The van der Waals surface area contributed by atoms with Gasteiger partial charge in [0.1, 0.15) is 18.2 Å². The smallest absolute Gasteiger partial charge is 0.325 e. The number of nitrogens with zero attached hydrogens (tertiary/aromatic N) is 1. The molecule has 0 spiro atoms. The highest BCUT2D eigenvalue weighted by Crippen LogP contribution is 2.19. The lowest BCUT2D eigenvalue weighted by molar-refractivity contribution is -0.141. The molecule has 5 nitrogen and oxygen atoms in total. The van der Waals surface area contributed by atoms with Gasteiger partial charge in [-0.15, -0.1) is 11.8 Å². The van der Waals surface area contributed by atoms with Gasteiger partial charge in [-0.2, -0.15) is 5.26 Å². The number of nitrogens with one attached hydrogen (secondary N) is 1. The van der Waals surface area contributed by atoms with Crippen molar-refractivity contribution in [1.82, 2.24) is 5.32 Å². The summed E-state index contributed by atoms with van der Waals surface area (Å²) >= 11 is 6.96. The van der Waals surface area contributed by atoms with Crippen molar-refractivity contribution in [2.75, 3.05) is 19.4 Å². The summed E-state index contributed by atoms with van der Waals surface area (Å²) in [4.78, 5) is 23.7. The average Bonchev–Trinajstić information content (AvgIpc) is 2.51. The van der Waals surface area contributed by atoms with Gasteiger partial charge in [-0.1, -0.05) is 11.6 Å². The summed E-state index contributed by atoms with van der Waals surface area (Å²) in [7, 11) is 0. The van der Waals surface area contributed by atoms with Gasteiger partial charge in [-0.05, 0) is 37.4 Å². The van der Waals surface area contributed by atoms with Crippen LogP contribution in [0, 0.1) is 11.3 Å². The summed E-state index contributed by atoms with van der Waals surface area (Å²) in [5.41, 5.74) is 0.296. The van der Waals surface area contributed by atoms with E-state index in [2.05, 4.69) is 5.32 Å². The van der Waals surface area contributed by atoms with Gasteiger partial charge in [0.25, 0.3) is 0 Å². The second-order valence-corrected chi connectivity index (χ2v) is 5.27. The van der Waals surface area contributed by atoms with Crippen LogP contribution in [0.4, 0.5) is 0 Å². The van der Waals surface area contributed by atoms with Crippen LogP contribution in [-0.2, 0) is 9.53 Å². The molecule has 0 aliphatic carbocycles. The number of benzene rings is 1. The maximum Gasteiger partial charge on any atom is 0.325 e. The number of hydrogen-bond acceptors (Lipinski definition) is 6. The second kappa shape index (κ2) is 9.13. The Hall–Kier alpha value is -1.97. The predicted octanol–water partition coefficient (Wildman–Crippen LogP) is 2.77. The van der Waals surface area contributed by atoms with Crippen molar-refractivity contribution >= 4 is 35.1 Å². The summed E-state index contributed by atoms with van der Waals surface area (Å²) in [6.45, 7) is 1.87. The van der Waals surface area contributed by atoms with E-state index in [-0.39, 0.29) is 18.7 Å². The van der Waals surface area contributed by atoms with Crippen LogP contribution in [0.25, 0.3) is 0 Å². The van der Waals surface area contributed by atoms with E-state index >= 15 is 0 Å². The lowest BCUT2D eigenvalue weighted by Crippen LogP contribution is -2.25. The highest BCUT2D eigenvalue weighted by molar-refractivity contribution is 8.02. The molecule has 0 heterocycles. The number of carbonyl (C=O) groups excluding carboxylic acids is 2. The number of ether oxygens (including phenoxy) is 1. The summed E-state index contributed by atoms with van der Waals surface area (Å²) in [6, 6.07) is 8.13. The molecular weight excluding hydrogens is 324 g/mol. The molecule has 22 heavy (non-hydrogen) atoms. The number of carbonyl (C=O) groups is 2. The SMILES string of the molecule is CCOC(=O)CN/C(SC)=C(\C#N)C(=O)c1ccc(Cl)cc1. The Morgan fingerprint density at radius 3 is 2.50 bits per heavy atom. The van der Waals surface area contributed by atoms with Gasteiger partial charge in [0, 0.05) is 10.6 Å². The molecule has 0 bridgehead atoms. The quantitative estimate of drug-likeness (QED) is 0.356. The molecule has 0 aliphatic rings. The lowest BCUT2D eigenvalue weighted by Gasteiger charge is -2.10. The summed E-state index contributed by atoms with van der Waals surface area (Å²) in [6.07, 6.45) is 1.71. The Morgan fingerprint density at radius 1 is 1.36 bits per heavy atom. The molecule has 116 valence electrons. The molecule has 0 unspecified atom stereocenters. The van der Waals surface area contributed by atoms with Gasteiger partial charge < -0.3 is 10.1 Å². The van der Waals surface area contributed by atoms with Crippen molar-refractivity contribution in [2.24, 2.45) is 0 Å². The van der Waals surface area contributed by atoms with Crippen molar-refractivity contribution in [3.05, 3.63) is 45.5 Å². The van der Waals surface area contributed by atoms with E-state index in [0.29, 0.717) is 15.6 Å². The second-order valence-electron chi connectivity index (χ2n) is 4.01. The van der Waals surface area contributed by atoms with Gasteiger partial charge >= 0.3 is 5.97 Å². The summed E-state index contributed by atoms with van der Waals surface area (Å²) < 4.78 is 4.79. The first-order valence-corrected chi connectivity index (χ1v) is 8.01. The largest absolute Gasteiger partial charge is 0.465 e. The monoisotopic (exact) mass is 338 g/mol. The number of rotatable bonds is 7. The van der Waals surface area contributed by atoms with Crippen LogP contribution in [0.15, 0.2) is 34.9 Å². The van der Waals surface area contributed by atoms with Gasteiger partial charge in [-0.3, -0.25) is 9.59 Å². The zero-order valence-corrected chi connectivity index (χ0v) is 13.8. The summed E-state index contributed by atoms with van der Waals surface area (Å²) in [5, 5.41) is 12.9. The van der Waals surface area contributed by atoms with Crippen LogP contribution in [0.2, 0.25) is 5.02 Å². The van der Waals surface area contributed by atoms with Gasteiger partial charge in [0.05, 0.1) is 11.6 Å². The van der Waals surface area contributed by atoms with E-state index in [4.69, 9.17) is 16.3 Å². The minimum Gasteiger partial charge on any atom is -0.465 e. The number of halogens is 1. The normalized spacial score (nSPS) is 11.2. The van der Waals surface area contributed by atoms with Crippen molar-refractivity contribution in [2.45, 2.75) is 6.92 Å². The zero-order valence-electron chi connectivity index (χ0n) is 12.2. The number of allylic oxidation sites excluding steroid dienone is 1. The Morgan fingerprint density at radius 2 is 2.00 bits per heavy atom. The van der Waals surface area contributed by atoms with Crippen LogP contribution in [0.3, 0.4) is 0 Å². The Balaban J connectivity index is 2.97. The molecule has 1 N–H and O–H groups in total. The molecule has 0 radical (unpaired) electrons. The number of hydrogen-bond donors (Lipinski definition) is 1. The minimum atomic E-state index is -0.453. The molecule has 1 rings (SSSR count). The first-order chi connectivity index (χ1) is 10.5. The third-order valence-corrected chi connectivity index (χ3v) is 3.58. The van der Waals surface area contributed by atoms with Gasteiger partial charge in [-0.25, -0.2) is 0 Å². The molecule has 0 aromatic heterocycles. The Kier molecular flexibility index (Phi) is 7.50. The highest BCUT2D eigenvalue weighted by atomic mass is 35.5. The van der Waals surface area contributed by atoms with E-state index in [1.165, 1.54) is 11.8 Å². The third kappa shape index (κ3) is 5.10. The molecule has 1 aromatic rings. The van der Waals surface area contributed by atoms with E-state index in [1.807, 2.05) is 6.07 Å². The van der Waals surface area contributed by atoms with Crippen molar-refractivity contribution < 1.29 is 14.3 Å². The number of ketones is 1. The molecular formula is C15H15ClN2O3S. The molecule has 0 fully saturated rings. The molecule has 0 aliphatic heterocycles. The van der Waals surface area contributed by atoms with Crippen LogP contribution in [0.5, 0.6) is 0 Å². The Labute approximate surface area is 138 Å². The van der Waals surface area contributed by atoms with Crippen LogP contribution >= 0.6 is 23.4 Å². The van der Waals surface area contributed by atoms with Crippen molar-refractivity contribution in [3.63, 3.8) is 0 Å². The number of esters is 1. The maximum atomic E-state index is 12.4. The predicted molar refractivity (Wildman–Crippen MR) is 86.6 cm³/mol. The molecule has 0 saturated carbocycles. The van der Waals surface area contributed by atoms with Gasteiger partial charge in [0.2, 0.25) is 5.78 Å². The number of thioether (sulfide) groups is 1. The molecule has 0 amide bonds. The zero-order chi connectivity index (χ0) is 16.5. The fourth-order valence-corrected chi connectivity index (χ4v) is 2.26. The summed E-state index contributed by atoms with van der Waals surface area (Å²) in [5.74, 6) is -0.884. The molecule has 0 atom stereocenters. The number of Topliss-reactive ketones (excluding diaryl/α,β-unsaturated/α-hetero) is 1. The third-order valence-electron chi connectivity index (χ3n) is 2.58. The standard InChI is InChI=1S/C15H15ClN2O3S/c1-3-21-13(19)9-18-15(22-2)12(8-17)14(20)10-4-6-11(16)7-5-10/h4-7,18H,3,9H2,1-2H3/b15-12-. The molecule has 0 saturated heterocycles. The average molecular weight is 339 g/mol. The van der Waals surface area contributed by atoms with E-state index in [1.54, 1.807) is 37.4 Å². The molecule has 7 heteroatoms. The van der Waals surface area contributed by atoms with Crippen molar-refractivity contribution in [1.29, 1.82) is 5.26 Å². The topological polar surface area (TPSA) is 79.2 Å². The van der Waals surface area contributed by atoms with E-state index < -0.39 is 11.8 Å². The van der Waals surface area contributed by atoms with E-state index in [0.717, 1.165) is 0 Å². The Bertz CT molecular complexity index is 621. The fourth-order valence-electron chi connectivity index (χ4n) is 1.58. The first-order valence-electron chi connectivity index (χ1n) is 6.41. The number of nitriles is 1. The fraction of sp³-hybridized carbons (Fsp3) is 0.267. The van der Waals surface area contributed by atoms with Crippen LogP contribution in [-0.4, -0.2) is 31.2 Å². The van der Waals surface area contributed by atoms with Crippen molar-refractivity contribution in [3.8, 4) is 6.07 Å². The maximum absolute atomic E-state index is 12.4. The minimum absolute atomic E-state index is 0.0564.